The van der Waals surface area contributed by atoms with Crippen molar-refractivity contribution in [3.05, 3.63) is 29.8 Å². The first kappa shape index (κ1) is 14.4. The lowest BCUT2D eigenvalue weighted by atomic mass is 10.1. The van der Waals surface area contributed by atoms with E-state index in [-0.39, 0.29) is 0 Å². The van der Waals surface area contributed by atoms with Gasteiger partial charge in [0.05, 0.1) is 6.10 Å². The first-order chi connectivity index (χ1) is 9.20. The zero-order valence-corrected chi connectivity index (χ0v) is 12.5. The Kier molecular flexibility index (Phi) is 5.26. The number of nitrogens with one attached hydrogen (secondary N) is 1. The highest BCUT2D eigenvalue weighted by Gasteiger charge is 2.19. The van der Waals surface area contributed by atoms with Crippen LogP contribution in [-0.4, -0.2) is 12.1 Å². The maximum absolute atomic E-state index is 6.20. The third-order valence-electron chi connectivity index (χ3n) is 4.13. The lowest BCUT2D eigenvalue weighted by Gasteiger charge is -2.23. The molecule has 1 aromatic carbocycles. The molecule has 0 spiro atoms. The Balaban J connectivity index is 2.06. The lowest BCUT2D eigenvalue weighted by molar-refractivity contribution is 0.206. The molecule has 1 aliphatic carbocycles. The molecule has 2 atom stereocenters. The highest BCUT2D eigenvalue weighted by molar-refractivity contribution is 5.36. The maximum Gasteiger partial charge on any atom is 0.124 e. The summed E-state index contributed by atoms with van der Waals surface area (Å²) in [7, 11) is 0. The van der Waals surface area contributed by atoms with Gasteiger partial charge in [0.1, 0.15) is 5.75 Å². The number of hydrogen-bond acceptors (Lipinski definition) is 2. The molecule has 2 heteroatoms. The zero-order valence-electron chi connectivity index (χ0n) is 12.5. The van der Waals surface area contributed by atoms with Crippen LogP contribution in [0.15, 0.2) is 24.3 Å². The summed E-state index contributed by atoms with van der Waals surface area (Å²) < 4.78 is 6.20. The summed E-state index contributed by atoms with van der Waals surface area (Å²) in [5.74, 6) is 1.07. The summed E-state index contributed by atoms with van der Waals surface area (Å²) in [4.78, 5) is 0. The smallest absolute Gasteiger partial charge is 0.124 e. The van der Waals surface area contributed by atoms with E-state index in [1.54, 1.807) is 0 Å². The van der Waals surface area contributed by atoms with Gasteiger partial charge >= 0.3 is 0 Å². The predicted molar refractivity (Wildman–Crippen MR) is 80.6 cm³/mol. The van der Waals surface area contributed by atoms with Crippen molar-refractivity contribution in [2.45, 2.75) is 71.1 Å². The first-order valence-corrected chi connectivity index (χ1v) is 7.72. The Morgan fingerprint density at radius 1 is 1.21 bits per heavy atom. The average Bonchev–Trinajstić information content (AvgIpc) is 2.92. The number of ether oxygens (including phenoxy) is 1. The molecule has 1 N–H and O–H groups in total. The second kappa shape index (κ2) is 6.95. The summed E-state index contributed by atoms with van der Waals surface area (Å²) in [6.07, 6.45) is 6.62. The minimum absolute atomic E-state index is 0.340. The van der Waals surface area contributed by atoms with Crippen LogP contribution in [-0.2, 0) is 0 Å². The van der Waals surface area contributed by atoms with Gasteiger partial charge in [-0.2, -0.15) is 0 Å². The van der Waals surface area contributed by atoms with E-state index in [0.717, 1.165) is 12.2 Å². The number of rotatable bonds is 6. The van der Waals surface area contributed by atoms with Crippen LogP contribution < -0.4 is 10.1 Å². The van der Waals surface area contributed by atoms with Crippen molar-refractivity contribution in [1.82, 2.24) is 5.32 Å². The lowest BCUT2D eigenvalue weighted by Crippen LogP contribution is -2.28. The molecule has 0 aromatic heterocycles. The summed E-state index contributed by atoms with van der Waals surface area (Å²) in [6.45, 7) is 6.67. The summed E-state index contributed by atoms with van der Waals surface area (Å²) in [5.41, 5.74) is 1.29. The number of benzene rings is 1. The fourth-order valence-electron chi connectivity index (χ4n) is 2.77. The van der Waals surface area contributed by atoms with E-state index in [9.17, 15) is 0 Å². The molecule has 1 fully saturated rings. The third-order valence-corrected chi connectivity index (χ3v) is 4.13. The van der Waals surface area contributed by atoms with Crippen molar-refractivity contribution in [2.75, 3.05) is 0 Å². The molecule has 1 aliphatic rings. The fourth-order valence-corrected chi connectivity index (χ4v) is 2.77. The molecule has 0 unspecified atom stereocenters. The molecule has 0 saturated heterocycles. The van der Waals surface area contributed by atoms with Crippen LogP contribution in [0.5, 0.6) is 5.75 Å². The van der Waals surface area contributed by atoms with Gasteiger partial charge in [-0.25, -0.2) is 0 Å². The van der Waals surface area contributed by atoms with Crippen molar-refractivity contribution in [2.24, 2.45) is 0 Å². The quantitative estimate of drug-likeness (QED) is 0.816. The Bertz CT molecular complexity index is 385. The fraction of sp³-hybridized carbons (Fsp3) is 0.647. The topological polar surface area (TPSA) is 21.3 Å². The van der Waals surface area contributed by atoms with E-state index >= 15 is 0 Å². The van der Waals surface area contributed by atoms with Gasteiger partial charge in [-0.05, 0) is 52.0 Å². The van der Waals surface area contributed by atoms with Crippen LogP contribution in [0.1, 0.15) is 64.5 Å². The zero-order chi connectivity index (χ0) is 13.7. The molecule has 0 radical (unpaired) electrons. The van der Waals surface area contributed by atoms with Crippen LogP contribution in [0.2, 0.25) is 0 Å². The monoisotopic (exact) mass is 261 g/mol. The molecule has 19 heavy (non-hydrogen) atoms. The van der Waals surface area contributed by atoms with Gasteiger partial charge in [0.25, 0.3) is 0 Å². The molecule has 0 bridgehead atoms. The van der Waals surface area contributed by atoms with Gasteiger partial charge in [-0.3, -0.25) is 0 Å². The van der Waals surface area contributed by atoms with Crippen LogP contribution in [0.3, 0.4) is 0 Å². The van der Waals surface area contributed by atoms with Crippen LogP contribution in [0, 0.1) is 0 Å². The van der Waals surface area contributed by atoms with Gasteiger partial charge in [0.2, 0.25) is 0 Å². The second-order valence-electron chi connectivity index (χ2n) is 5.76. The molecule has 0 heterocycles. The predicted octanol–water partition coefficient (Wildman–Crippen LogP) is 4.46. The first-order valence-electron chi connectivity index (χ1n) is 7.72. The second-order valence-corrected chi connectivity index (χ2v) is 5.76. The van der Waals surface area contributed by atoms with Crippen molar-refractivity contribution >= 4 is 0 Å². The summed E-state index contributed by atoms with van der Waals surface area (Å²) >= 11 is 0. The van der Waals surface area contributed by atoms with E-state index in [1.165, 1.54) is 31.2 Å². The highest BCUT2D eigenvalue weighted by Crippen LogP contribution is 2.30. The molecule has 2 rings (SSSR count). The number of para-hydroxylation sites is 1. The average molecular weight is 261 g/mol. The van der Waals surface area contributed by atoms with E-state index in [4.69, 9.17) is 4.74 Å². The Morgan fingerprint density at radius 3 is 2.58 bits per heavy atom. The molecule has 1 aromatic rings. The summed E-state index contributed by atoms with van der Waals surface area (Å²) in [6, 6.07) is 9.35. The largest absolute Gasteiger partial charge is 0.490 e. The van der Waals surface area contributed by atoms with Crippen LogP contribution in [0.25, 0.3) is 0 Å². The summed E-state index contributed by atoms with van der Waals surface area (Å²) in [5, 5.41) is 3.63. The Labute approximate surface area is 117 Å². The van der Waals surface area contributed by atoms with Crippen molar-refractivity contribution in [1.29, 1.82) is 0 Å². The molecule has 1 saturated carbocycles. The van der Waals surface area contributed by atoms with E-state index in [2.05, 4.69) is 50.4 Å². The molecule has 2 nitrogen and oxygen atoms in total. The normalized spacial score (nSPS) is 19.3. The van der Waals surface area contributed by atoms with Crippen LogP contribution >= 0.6 is 0 Å². The SMILES string of the molecule is CC[C@H](C)N[C@H](C)c1ccccc1OC1CCCC1. The Morgan fingerprint density at radius 2 is 1.89 bits per heavy atom. The molecular weight excluding hydrogens is 234 g/mol. The van der Waals surface area contributed by atoms with Crippen molar-refractivity contribution in [3.63, 3.8) is 0 Å². The van der Waals surface area contributed by atoms with Gasteiger partial charge in [0.15, 0.2) is 0 Å². The molecule has 0 aliphatic heterocycles. The molecule has 0 amide bonds. The van der Waals surface area contributed by atoms with E-state index in [0.29, 0.717) is 18.2 Å². The highest BCUT2D eigenvalue weighted by atomic mass is 16.5. The van der Waals surface area contributed by atoms with E-state index < -0.39 is 0 Å². The van der Waals surface area contributed by atoms with Gasteiger partial charge in [0, 0.05) is 17.6 Å². The molecular formula is C17H27NO. The minimum atomic E-state index is 0.340. The van der Waals surface area contributed by atoms with Gasteiger partial charge < -0.3 is 10.1 Å². The Hall–Kier alpha value is -1.02. The molecule has 106 valence electrons. The van der Waals surface area contributed by atoms with Crippen LogP contribution in [0.4, 0.5) is 0 Å². The standard InChI is InChI=1S/C17H27NO/c1-4-13(2)18-14(3)16-11-7-8-12-17(16)19-15-9-5-6-10-15/h7-8,11-15,18H,4-6,9-10H2,1-3H3/t13-,14+/m0/s1. The minimum Gasteiger partial charge on any atom is -0.490 e. The maximum atomic E-state index is 6.20. The third kappa shape index (κ3) is 3.97. The van der Waals surface area contributed by atoms with Gasteiger partial charge in [-0.1, -0.05) is 25.1 Å². The van der Waals surface area contributed by atoms with Crippen molar-refractivity contribution < 1.29 is 4.74 Å². The van der Waals surface area contributed by atoms with E-state index in [1.807, 2.05) is 0 Å². The number of hydrogen-bond donors (Lipinski definition) is 1. The van der Waals surface area contributed by atoms with Gasteiger partial charge in [-0.15, -0.1) is 0 Å². The van der Waals surface area contributed by atoms with Crippen molar-refractivity contribution in [3.8, 4) is 5.75 Å².